The summed E-state index contributed by atoms with van der Waals surface area (Å²) in [5.41, 5.74) is 1.35. The number of thiazole rings is 1. The van der Waals surface area contributed by atoms with Crippen molar-refractivity contribution in [3.8, 4) is 0 Å². The van der Waals surface area contributed by atoms with E-state index in [0.29, 0.717) is 20.9 Å². The number of rotatable bonds is 0. The van der Waals surface area contributed by atoms with Gasteiger partial charge in [0.25, 0.3) is 5.56 Å². The summed E-state index contributed by atoms with van der Waals surface area (Å²) in [6.45, 7) is 1.88. The van der Waals surface area contributed by atoms with Crippen LogP contribution < -0.4 is 5.56 Å². The van der Waals surface area contributed by atoms with Gasteiger partial charge in [0.2, 0.25) is 0 Å². The van der Waals surface area contributed by atoms with E-state index in [4.69, 9.17) is 11.6 Å². The molecule has 0 radical (unpaired) electrons. The maximum absolute atomic E-state index is 12.3. The van der Waals surface area contributed by atoms with Gasteiger partial charge in [0.05, 0.1) is 19.7 Å². The number of nitrogens with zero attached hydrogens (tertiary/aromatic N) is 2. The fourth-order valence-electron chi connectivity index (χ4n) is 1.76. The lowest BCUT2D eigenvalue weighted by Gasteiger charge is -2.01. The molecule has 6 heteroatoms. The molecule has 0 amide bonds. The third kappa shape index (κ3) is 1.53. The molecule has 1 aromatic carbocycles. The summed E-state index contributed by atoms with van der Waals surface area (Å²) >= 11 is 10.9. The molecular formula is C11H6BrClN2OS. The van der Waals surface area contributed by atoms with Gasteiger partial charge in [-0.15, -0.1) is 0 Å². The highest BCUT2D eigenvalue weighted by Gasteiger charge is 2.13. The standard InChI is InChI=1S/C11H6BrClN2OS/c1-5-9(12)17-11-14-8-6(10(16)15(5)11)3-2-4-7(8)13/h2-4H,1H3. The first-order chi connectivity index (χ1) is 8.09. The molecule has 2 heterocycles. The molecule has 3 rings (SSSR count). The fourth-order valence-corrected chi connectivity index (χ4v) is 3.44. The monoisotopic (exact) mass is 328 g/mol. The van der Waals surface area contributed by atoms with Crippen molar-refractivity contribution in [1.29, 1.82) is 0 Å². The Morgan fingerprint density at radius 1 is 1.47 bits per heavy atom. The van der Waals surface area contributed by atoms with Crippen LogP contribution in [0.5, 0.6) is 0 Å². The van der Waals surface area contributed by atoms with E-state index in [2.05, 4.69) is 20.9 Å². The Kier molecular flexibility index (Phi) is 2.50. The Bertz CT molecular complexity index is 808. The molecule has 86 valence electrons. The van der Waals surface area contributed by atoms with Gasteiger partial charge in [0.1, 0.15) is 0 Å². The van der Waals surface area contributed by atoms with Crippen LogP contribution in [0.2, 0.25) is 5.02 Å². The number of aromatic nitrogens is 2. The zero-order valence-corrected chi connectivity index (χ0v) is 11.9. The molecule has 0 unspecified atom stereocenters. The maximum atomic E-state index is 12.3. The molecule has 0 N–H and O–H groups in total. The van der Waals surface area contributed by atoms with Crippen molar-refractivity contribution in [2.24, 2.45) is 0 Å². The van der Waals surface area contributed by atoms with E-state index in [1.54, 1.807) is 22.6 Å². The Balaban J connectivity index is 2.67. The van der Waals surface area contributed by atoms with Crippen LogP contribution in [0.15, 0.2) is 26.8 Å². The lowest BCUT2D eigenvalue weighted by atomic mass is 10.2. The van der Waals surface area contributed by atoms with Crippen LogP contribution in [-0.2, 0) is 0 Å². The molecule has 3 aromatic rings. The SMILES string of the molecule is Cc1c(Br)sc2nc3c(Cl)cccc3c(=O)n12. The molecule has 0 aliphatic heterocycles. The van der Waals surface area contributed by atoms with Crippen LogP contribution in [0, 0.1) is 6.92 Å². The van der Waals surface area contributed by atoms with Gasteiger partial charge in [-0.2, -0.15) is 0 Å². The van der Waals surface area contributed by atoms with Crippen LogP contribution in [0.1, 0.15) is 5.69 Å². The fraction of sp³-hybridized carbons (Fsp3) is 0.0909. The van der Waals surface area contributed by atoms with Gasteiger partial charge in [-0.05, 0) is 35.0 Å². The molecule has 0 aliphatic carbocycles. The molecule has 17 heavy (non-hydrogen) atoms. The average Bonchev–Trinajstić information content (AvgIpc) is 2.57. The van der Waals surface area contributed by atoms with Crippen molar-refractivity contribution < 1.29 is 0 Å². The average molecular weight is 330 g/mol. The number of benzene rings is 1. The summed E-state index contributed by atoms with van der Waals surface area (Å²) in [6, 6.07) is 5.24. The summed E-state index contributed by atoms with van der Waals surface area (Å²) in [7, 11) is 0. The second-order valence-corrected chi connectivity index (χ2v) is 6.33. The van der Waals surface area contributed by atoms with Crippen molar-refractivity contribution >= 4 is 54.7 Å². The number of hydrogen-bond acceptors (Lipinski definition) is 3. The number of para-hydroxylation sites is 1. The van der Waals surface area contributed by atoms with Crippen molar-refractivity contribution in [2.75, 3.05) is 0 Å². The minimum absolute atomic E-state index is 0.0769. The zero-order valence-electron chi connectivity index (χ0n) is 8.70. The van der Waals surface area contributed by atoms with Crippen molar-refractivity contribution in [2.45, 2.75) is 6.92 Å². The Hall–Kier alpha value is -0.910. The molecular weight excluding hydrogens is 324 g/mol. The molecule has 3 nitrogen and oxygen atoms in total. The largest absolute Gasteiger partial charge is 0.268 e. The third-order valence-electron chi connectivity index (χ3n) is 2.62. The summed E-state index contributed by atoms with van der Waals surface area (Å²) in [6.07, 6.45) is 0. The van der Waals surface area contributed by atoms with Crippen LogP contribution in [0.25, 0.3) is 15.9 Å². The van der Waals surface area contributed by atoms with Crippen molar-refractivity contribution in [3.63, 3.8) is 0 Å². The molecule has 0 saturated carbocycles. The summed E-state index contributed by atoms with van der Waals surface area (Å²) in [5, 5.41) is 1.05. The number of aryl methyl sites for hydroxylation is 1. The zero-order chi connectivity index (χ0) is 12.2. The molecule has 0 fully saturated rings. The number of halogens is 2. The van der Waals surface area contributed by atoms with Crippen LogP contribution in [0.4, 0.5) is 0 Å². The smallest absolute Gasteiger partial charge is 0.266 e. The first-order valence-electron chi connectivity index (χ1n) is 4.85. The van der Waals surface area contributed by atoms with Crippen molar-refractivity contribution in [3.05, 3.63) is 43.1 Å². The minimum Gasteiger partial charge on any atom is -0.268 e. The summed E-state index contributed by atoms with van der Waals surface area (Å²) < 4.78 is 2.52. The predicted octanol–water partition coefficient (Wildman–Crippen LogP) is 3.63. The van der Waals surface area contributed by atoms with Crippen LogP contribution in [-0.4, -0.2) is 9.38 Å². The molecule has 0 spiro atoms. The van der Waals surface area contributed by atoms with Crippen LogP contribution >= 0.6 is 38.9 Å². The van der Waals surface area contributed by atoms with Gasteiger partial charge in [0.15, 0.2) is 4.96 Å². The van der Waals surface area contributed by atoms with E-state index < -0.39 is 0 Å². The Morgan fingerprint density at radius 3 is 3.00 bits per heavy atom. The predicted molar refractivity (Wildman–Crippen MR) is 74.3 cm³/mol. The second-order valence-electron chi connectivity index (χ2n) is 3.63. The summed E-state index contributed by atoms with van der Waals surface area (Å²) in [5.74, 6) is 0. The van der Waals surface area contributed by atoms with E-state index in [1.807, 2.05) is 6.92 Å². The van der Waals surface area contributed by atoms with Gasteiger partial charge in [-0.3, -0.25) is 9.20 Å². The highest BCUT2D eigenvalue weighted by molar-refractivity contribution is 9.11. The first-order valence-corrected chi connectivity index (χ1v) is 6.84. The van der Waals surface area contributed by atoms with Gasteiger partial charge in [-0.1, -0.05) is 29.0 Å². The van der Waals surface area contributed by atoms with Gasteiger partial charge in [-0.25, -0.2) is 4.98 Å². The van der Waals surface area contributed by atoms with E-state index in [0.717, 1.165) is 9.48 Å². The molecule has 0 atom stereocenters. The normalized spacial score (nSPS) is 11.5. The van der Waals surface area contributed by atoms with Gasteiger partial charge >= 0.3 is 0 Å². The highest BCUT2D eigenvalue weighted by Crippen LogP contribution is 2.28. The first kappa shape index (κ1) is 11.2. The molecule has 0 bridgehead atoms. The number of hydrogen-bond donors (Lipinski definition) is 0. The molecule has 0 aliphatic rings. The van der Waals surface area contributed by atoms with Gasteiger partial charge in [0, 0.05) is 5.69 Å². The van der Waals surface area contributed by atoms with E-state index in [-0.39, 0.29) is 5.56 Å². The third-order valence-corrected chi connectivity index (χ3v) is 4.92. The Labute approximate surface area is 114 Å². The van der Waals surface area contributed by atoms with Gasteiger partial charge < -0.3 is 0 Å². The molecule has 2 aromatic heterocycles. The number of fused-ring (bicyclic) bond motifs is 2. The van der Waals surface area contributed by atoms with Crippen molar-refractivity contribution in [1.82, 2.24) is 9.38 Å². The minimum atomic E-state index is -0.0769. The Morgan fingerprint density at radius 2 is 2.24 bits per heavy atom. The highest BCUT2D eigenvalue weighted by atomic mass is 79.9. The van der Waals surface area contributed by atoms with E-state index in [9.17, 15) is 4.79 Å². The maximum Gasteiger partial charge on any atom is 0.266 e. The second kappa shape index (κ2) is 3.80. The quantitative estimate of drug-likeness (QED) is 0.631. The van der Waals surface area contributed by atoms with Crippen LogP contribution in [0.3, 0.4) is 0 Å². The van der Waals surface area contributed by atoms with E-state index >= 15 is 0 Å². The summed E-state index contributed by atoms with van der Waals surface area (Å²) in [4.78, 5) is 17.4. The lowest BCUT2D eigenvalue weighted by Crippen LogP contribution is -2.14. The topological polar surface area (TPSA) is 34.4 Å². The molecule has 0 saturated heterocycles. The lowest BCUT2D eigenvalue weighted by molar-refractivity contribution is 1.04. The van der Waals surface area contributed by atoms with E-state index in [1.165, 1.54) is 11.3 Å².